The molecule has 8 heteroatoms. The van der Waals surface area contributed by atoms with Crippen LogP contribution in [0.2, 0.25) is 0 Å². The van der Waals surface area contributed by atoms with Crippen molar-refractivity contribution in [3.8, 4) is 11.5 Å². The summed E-state index contributed by atoms with van der Waals surface area (Å²) in [5.74, 6) is -3.87. The molecule has 107 valence electrons. The van der Waals surface area contributed by atoms with Gasteiger partial charge < -0.3 is 30.0 Å². The van der Waals surface area contributed by atoms with E-state index in [1.165, 1.54) is 48.5 Å². The average Bonchev–Trinajstić information content (AvgIpc) is 2.40. The monoisotopic (exact) mass is 347 g/mol. The Kier molecular flexibility index (Phi) is 11.5. The maximum Gasteiger partial charge on any atom is 3.00 e. The fourth-order valence-electron chi connectivity index (χ4n) is 1.27. The number of rotatable bonds is 2. The fourth-order valence-corrected chi connectivity index (χ4v) is 1.27. The normalized spacial score (nSPS) is 8.36. The molecule has 0 saturated heterocycles. The minimum absolute atomic E-state index is 0. The topological polar surface area (TPSA) is 126 Å². The minimum atomic E-state index is -1.43. The number of para-hydroxylation sites is 2. The van der Waals surface area contributed by atoms with Crippen LogP contribution >= 0.6 is 0 Å². The van der Waals surface area contributed by atoms with Crippen molar-refractivity contribution in [1.29, 1.82) is 0 Å². The van der Waals surface area contributed by atoms with Crippen LogP contribution in [0.3, 0.4) is 0 Å². The predicted molar refractivity (Wildman–Crippen MR) is 60.4 cm³/mol. The van der Waals surface area contributed by atoms with E-state index in [1.807, 2.05) is 0 Å². The van der Waals surface area contributed by atoms with Gasteiger partial charge in [0, 0.05) is 0 Å². The third kappa shape index (κ3) is 6.98. The molecule has 0 aliphatic heterocycles. The molecule has 0 aromatic heterocycles. The SMILES string of the molecule is O=C([O-])c1ccccc1[O-].O=C([O-])c1ccccc1[O-].[Cr+3].[Na+]. The first-order valence-electron chi connectivity index (χ1n) is 5.38. The first kappa shape index (κ1) is 22.8. The van der Waals surface area contributed by atoms with E-state index in [4.69, 9.17) is 0 Å². The quantitative estimate of drug-likeness (QED) is 0.502. The first-order chi connectivity index (χ1) is 9.43. The Labute approximate surface area is 159 Å². The third-order valence-corrected chi connectivity index (χ3v) is 2.21. The molecule has 0 aliphatic carbocycles. The number of benzene rings is 2. The van der Waals surface area contributed by atoms with Crippen LogP contribution in [-0.4, -0.2) is 11.9 Å². The number of carbonyl (C=O) groups is 2. The summed E-state index contributed by atoms with van der Waals surface area (Å²) >= 11 is 0. The second-order valence-electron chi connectivity index (χ2n) is 3.57. The van der Waals surface area contributed by atoms with Gasteiger partial charge in [0.15, 0.2) is 0 Å². The molecule has 22 heavy (non-hydrogen) atoms. The van der Waals surface area contributed by atoms with Gasteiger partial charge in [-0.1, -0.05) is 60.0 Å². The summed E-state index contributed by atoms with van der Waals surface area (Å²) in [5, 5.41) is 41.5. The van der Waals surface area contributed by atoms with E-state index < -0.39 is 23.4 Å². The summed E-state index contributed by atoms with van der Waals surface area (Å²) in [7, 11) is 0. The first-order valence-corrected chi connectivity index (χ1v) is 5.38. The Bertz CT molecular complexity index is 577. The average molecular weight is 347 g/mol. The van der Waals surface area contributed by atoms with Gasteiger partial charge in [0.25, 0.3) is 0 Å². The van der Waals surface area contributed by atoms with Crippen LogP contribution in [0.1, 0.15) is 20.7 Å². The maximum absolute atomic E-state index is 10.6. The number of hydrogen-bond acceptors (Lipinski definition) is 6. The number of carboxylic acids is 2. The van der Waals surface area contributed by atoms with Crippen LogP contribution in [-0.2, 0) is 17.4 Å². The van der Waals surface area contributed by atoms with Gasteiger partial charge in [-0.2, -0.15) is 0 Å². The van der Waals surface area contributed by atoms with Gasteiger partial charge in [-0.3, -0.25) is 0 Å². The van der Waals surface area contributed by atoms with Crippen molar-refractivity contribution in [2.75, 3.05) is 0 Å². The van der Waals surface area contributed by atoms with Gasteiger partial charge in [0.1, 0.15) is 0 Å². The third-order valence-electron chi connectivity index (χ3n) is 2.21. The number of carbonyl (C=O) groups excluding carboxylic acids is 2. The van der Waals surface area contributed by atoms with Crippen molar-refractivity contribution in [1.82, 2.24) is 0 Å². The summed E-state index contributed by atoms with van der Waals surface area (Å²) in [5.41, 5.74) is -0.579. The Hall–Kier alpha value is -1.49. The predicted octanol–water partition coefficient (Wildman–Crippen LogP) is -4.75. The van der Waals surface area contributed by atoms with E-state index in [0.717, 1.165) is 0 Å². The number of carboxylic acid groups (broad SMARTS) is 2. The van der Waals surface area contributed by atoms with Crippen molar-refractivity contribution >= 4 is 11.9 Å². The van der Waals surface area contributed by atoms with Crippen LogP contribution in [0.4, 0.5) is 0 Å². The standard InChI is InChI=1S/2C7H6O3.Cr.Na/c2*8-6-4-2-1-3-5(6)7(9)10;;/h2*1-4,8H,(H,9,10);;/q;;+3;+1/p-4. The van der Waals surface area contributed by atoms with Gasteiger partial charge in [-0.25, -0.2) is 0 Å². The number of aromatic carboxylic acids is 2. The van der Waals surface area contributed by atoms with Gasteiger partial charge in [-0.05, 0) is 11.1 Å². The summed E-state index contributed by atoms with van der Waals surface area (Å²) in [4.78, 5) is 20.2. The van der Waals surface area contributed by atoms with Crippen molar-refractivity contribution in [3.05, 3.63) is 59.7 Å². The molecular formula is C14H8CrNaO6. The second-order valence-corrected chi connectivity index (χ2v) is 3.57. The zero-order valence-corrected chi connectivity index (χ0v) is 14.8. The molecule has 0 heterocycles. The molecule has 0 saturated carbocycles. The van der Waals surface area contributed by atoms with Crippen LogP contribution in [0.25, 0.3) is 0 Å². The molecule has 6 nitrogen and oxygen atoms in total. The van der Waals surface area contributed by atoms with Crippen molar-refractivity contribution in [3.63, 3.8) is 0 Å². The van der Waals surface area contributed by atoms with Crippen molar-refractivity contribution in [2.24, 2.45) is 0 Å². The van der Waals surface area contributed by atoms with E-state index in [9.17, 15) is 30.0 Å². The molecule has 2 rings (SSSR count). The van der Waals surface area contributed by atoms with E-state index >= 15 is 0 Å². The molecule has 0 amide bonds. The molecule has 0 unspecified atom stereocenters. The van der Waals surface area contributed by atoms with Crippen molar-refractivity contribution in [2.45, 2.75) is 0 Å². The summed E-state index contributed by atoms with van der Waals surface area (Å²) in [6, 6.07) is 10.7. The molecule has 0 N–H and O–H groups in total. The minimum Gasteiger partial charge on any atom is -0.872 e. The molecule has 0 fully saturated rings. The fraction of sp³-hybridized carbons (Fsp3) is 0. The smallest absolute Gasteiger partial charge is 0.872 e. The van der Waals surface area contributed by atoms with Crippen LogP contribution in [0, 0.1) is 0 Å². The largest absolute Gasteiger partial charge is 3.00 e. The summed E-state index contributed by atoms with van der Waals surface area (Å²) < 4.78 is 0. The van der Waals surface area contributed by atoms with Crippen molar-refractivity contribution < 1.29 is 76.9 Å². The Morgan fingerprint density at radius 2 is 0.955 bits per heavy atom. The van der Waals surface area contributed by atoms with Gasteiger partial charge in [-0.15, -0.1) is 0 Å². The van der Waals surface area contributed by atoms with Gasteiger partial charge in [0.2, 0.25) is 0 Å². The second kappa shape index (κ2) is 11.1. The molecule has 0 aliphatic rings. The molecule has 0 bridgehead atoms. The molecule has 2 aromatic rings. The van der Waals surface area contributed by atoms with Crippen LogP contribution in [0.5, 0.6) is 11.5 Å². The van der Waals surface area contributed by atoms with Crippen LogP contribution < -0.4 is 50.0 Å². The maximum atomic E-state index is 10.6. The molecule has 0 spiro atoms. The molecular weight excluding hydrogens is 339 g/mol. The van der Waals surface area contributed by atoms with E-state index in [0.29, 0.717) is 0 Å². The molecule has 1 radical (unpaired) electrons. The van der Waals surface area contributed by atoms with Gasteiger partial charge >= 0.3 is 46.9 Å². The summed E-state index contributed by atoms with van der Waals surface area (Å²) in [6.45, 7) is 0. The molecule has 2 aromatic carbocycles. The van der Waals surface area contributed by atoms with E-state index in [-0.39, 0.29) is 58.0 Å². The van der Waals surface area contributed by atoms with Gasteiger partial charge in [0.05, 0.1) is 11.9 Å². The zero-order chi connectivity index (χ0) is 15.1. The summed E-state index contributed by atoms with van der Waals surface area (Å²) in [6.07, 6.45) is 0. The molecule has 0 atom stereocenters. The van der Waals surface area contributed by atoms with E-state index in [1.54, 1.807) is 0 Å². The Morgan fingerprint density at radius 1 is 0.682 bits per heavy atom. The number of hydrogen-bond donors (Lipinski definition) is 0. The van der Waals surface area contributed by atoms with Crippen LogP contribution in [0.15, 0.2) is 48.5 Å². The van der Waals surface area contributed by atoms with E-state index in [2.05, 4.69) is 0 Å². The zero-order valence-electron chi connectivity index (χ0n) is 11.5. The Morgan fingerprint density at radius 3 is 1.14 bits per heavy atom. The Balaban J connectivity index is 0.